The van der Waals surface area contributed by atoms with Gasteiger partial charge in [-0.2, -0.15) is 0 Å². The van der Waals surface area contributed by atoms with E-state index in [1.54, 1.807) is 0 Å². The Kier molecular flexibility index (Phi) is 3.88. The zero-order valence-electron chi connectivity index (χ0n) is 9.22. The molecule has 0 radical (unpaired) electrons. The summed E-state index contributed by atoms with van der Waals surface area (Å²) in [6.45, 7) is 1.08. The molecular formula is C10H18N4S. The maximum atomic E-state index is 3.96. The van der Waals surface area contributed by atoms with Crippen molar-refractivity contribution in [1.82, 2.24) is 14.8 Å². The summed E-state index contributed by atoms with van der Waals surface area (Å²) in [6.07, 6.45) is 8.41. The summed E-state index contributed by atoms with van der Waals surface area (Å²) in [6, 6.07) is 0. The molecule has 2 rings (SSSR count). The molecule has 4 nitrogen and oxygen atoms in total. The molecule has 1 heterocycles. The van der Waals surface area contributed by atoms with Crippen LogP contribution in [-0.2, 0) is 0 Å². The minimum Gasteiger partial charge on any atom is -0.348 e. The van der Waals surface area contributed by atoms with Crippen molar-refractivity contribution in [2.24, 2.45) is 5.92 Å². The van der Waals surface area contributed by atoms with Gasteiger partial charge in [-0.15, -0.1) is 0 Å². The highest BCUT2D eigenvalue weighted by molar-refractivity contribution is 7.09. The molecule has 1 aliphatic carbocycles. The largest absolute Gasteiger partial charge is 0.348 e. The van der Waals surface area contributed by atoms with E-state index in [2.05, 4.69) is 26.7 Å². The van der Waals surface area contributed by atoms with E-state index in [1.165, 1.54) is 50.1 Å². The highest BCUT2D eigenvalue weighted by Crippen LogP contribution is 2.26. The standard InChI is InChI=1S/C10H18N4S/c1-14(10-11-12-13-15-10)8-7-9-5-3-2-4-6-9/h9H,2-8H2,1H3. The molecule has 0 saturated heterocycles. The fraction of sp³-hybridized carbons (Fsp3) is 0.900. The van der Waals surface area contributed by atoms with Crippen LogP contribution in [0.2, 0.25) is 0 Å². The lowest BCUT2D eigenvalue weighted by Gasteiger charge is -2.23. The van der Waals surface area contributed by atoms with Crippen molar-refractivity contribution >= 4 is 16.7 Å². The van der Waals surface area contributed by atoms with E-state index in [-0.39, 0.29) is 0 Å². The molecule has 84 valence electrons. The molecular weight excluding hydrogens is 208 g/mol. The first-order chi connectivity index (χ1) is 7.36. The van der Waals surface area contributed by atoms with Gasteiger partial charge in [0.05, 0.1) is 0 Å². The van der Waals surface area contributed by atoms with Crippen molar-refractivity contribution in [1.29, 1.82) is 0 Å². The van der Waals surface area contributed by atoms with Crippen molar-refractivity contribution in [3.05, 3.63) is 0 Å². The minimum atomic E-state index is 0.932. The normalized spacial score (nSPS) is 17.9. The molecule has 0 aromatic carbocycles. The lowest BCUT2D eigenvalue weighted by molar-refractivity contribution is 0.341. The molecule has 15 heavy (non-hydrogen) atoms. The second kappa shape index (κ2) is 5.39. The van der Waals surface area contributed by atoms with E-state index < -0.39 is 0 Å². The zero-order chi connectivity index (χ0) is 10.5. The Morgan fingerprint density at radius 3 is 2.80 bits per heavy atom. The van der Waals surface area contributed by atoms with Crippen molar-refractivity contribution in [3.8, 4) is 0 Å². The van der Waals surface area contributed by atoms with E-state index >= 15 is 0 Å². The number of hydrogen-bond donors (Lipinski definition) is 0. The van der Waals surface area contributed by atoms with Crippen LogP contribution in [0.15, 0.2) is 0 Å². The average Bonchev–Trinajstić information content (AvgIpc) is 2.81. The average molecular weight is 226 g/mol. The second-order valence-electron chi connectivity index (χ2n) is 4.36. The first-order valence-corrected chi connectivity index (χ1v) is 6.50. The van der Waals surface area contributed by atoms with Gasteiger partial charge in [0.2, 0.25) is 5.13 Å². The van der Waals surface area contributed by atoms with Gasteiger partial charge in [0.1, 0.15) is 0 Å². The first-order valence-electron chi connectivity index (χ1n) is 5.72. The van der Waals surface area contributed by atoms with E-state index in [0.717, 1.165) is 17.6 Å². The van der Waals surface area contributed by atoms with Crippen LogP contribution in [0.4, 0.5) is 5.13 Å². The molecule has 0 amide bonds. The first kappa shape index (κ1) is 10.8. The SMILES string of the molecule is CN(CCC1CCCCC1)c1nnns1. The van der Waals surface area contributed by atoms with Gasteiger partial charge in [0, 0.05) is 25.1 Å². The van der Waals surface area contributed by atoms with Crippen LogP contribution >= 0.6 is 11.5 Å². The van der Waals surface area contributed by atoms with Crippen LogP contribution in [-0.4, -0.2) is 28.4 Å². The molecule has 1 fully saturated rings. The molecule has 0 atom stereocenters. The van der Waals surface area contributed by atoms with E-state index in [0.29, 0.717) is 0 Å². The Hall–Kier alpha value is -0.710. The van der Waals surface area contributed by atoms with Gasteiger partial charge in [-0.05, 0) is 17.6 Å². The fourth-order valence-corrected chi connectivity index (χ4v) is 2.67. The van der Waals surface area contributed by atoms with Gasteiger partial charge in [-0.3, -0.25) is 0 Å². The van der Waals surface area contributed by atoms with Gasteiger partial charge in [0.25, 0.3) is 0 Å². The zero-order valence-corrected chi connectivity index (χ0v) is 10.0. The Morgan fingerprint density at radius 1 is 1.33 bits per heavy atom. The number of rotatable bonds is 4. The lowest BCUT2D eigenvalue weighted by Crippen LogP contribution is -2.21. The molecule has 0 aliphatic heterocycles. The molecule has 0 spiro atoms. The maximum absolute atomic E-state index is 3.96. The monoisotopic (exact) mass is 226 g/mol. The van der Waals surface area contributed by atoms with Crippen molar-refractivity contribution in [2.75, 3.05) is 18.5 Å². The van der Waals surface area contributed by atoms with E-state index in [4.69, 9.17) is 0 Å². The van der Waals surface area contributed by atoms with Crippen LogP contribution < -0.4 is 4.90 Å². The third kappa shape index (κ3) is 3.12. The summed E-state index contributed by atoms with van der Waals surface area (Å²) < 4.78 is 3.78. The predicted octanol–water partition coefficient (Wildman–Crippen LogP) is 2.34. The third-order valence-electron chi connectivity index (χ3n) is 3.21. The van der Waals surface area contributed by atoms with Gasteiger partial charge in [0.15, 0.2) is 0 Å². The minimum absolute atomic E-state index is 0.932. The van der Waals surface area contributed by atoms with Crippen LogP contribution in [0.25, 0.3) is 0 Å². The van der Waals surface area contributed by atoms with Crippen LogP contribution in [0.5, 0.6) is 0 Å². The second-order valence-corrected chi connectivity index (χ2v) is 5.07. The molecule has 1 saturated carbocycles. The van der Waals surface area contributed by atoms with Crippen LogP contribution in [0.1, 0.15) is 38.5 Å². The van der Waals surface area contributed by atoms with Gasteiger partial charge in [-0.25, -0.2) is 0 Å². The quantitative estimate of drug-likeness (QED) is 0.790. The summed E-state index contributed by atoms with van der Waals surface area (Å²) in [7, 11) is 2.07. The maximum Gasteiger partial charge on any atom is 0.227 e. The summed E-state index contributed by atoms with van der Waals surface area (Å²) in [5.74, 6) is 0.932. The molecule has 1 aliphatic rings. The highest BCUT2D eigenvalue weighted by Gasteiger charge is 2.14. The molecule has 1 aromatic rings. The highest BCUT2D eigenvalue weighted by atomic mass is 32.1. The Morgan fingerprint density at radius 2 is 2.13 bits per heavy atom. The Labute approximate surface area is 94.8 Å². The van der Waals surface area contributed by atoms with Gasteiger partial charge >= 0.3 is 0 Å². The molecule has 1 aromatic heterocycles. The lowest BCUT2D eigenvalue weighted by atomic mass is 9.87. The molecule has 0 N–H and O–H groups in total. The topological polar surface area (TPSA) is 41.9 Å². The number of anilines is 1. The fourth-order valence-electron chi connectivity index (χ4n) is 2.22. The smallest absolute Gasteiger partial charge is 0.227 e. The predicted molar refractivity (Wildman–Crippen MR) is 62.2 cm³/mol. The molecule has 0 unspecified atom stereocenters. The van der Waals surface area contributed by atoms with Crippen molar-refractivity contribution in [2.45, 2.75) is 38.5 Å². The number of nitrogens with zero attached hydrogens (tertiary/aromatic N) is 4. The van der Waals surface area contributed by atoms with Gasteiger partial charge in [-0.1, -0.05) is 41.7 Å². The Bertz CT molecular complexity index is 269. The van der Waals surface area contributed by atoms with E-state index in [1.807, 2.05) is 0 Å². The van der Waals surface area contributed by atoms with Gasteiger partial charge < -0.3 is 4.90 Å². The number of aromatic nitrogens is 3. The summed E-state index contributed by atoms with van der Waals surface area (Å²) in [5.41, 5.74) is 0. The third-order valence-corrected chi connectivity index (χ3v) is 3.92. The summed E-state index contributed by atoms with van der Waals surface area (Å²) in [4.78, 5) is 2.17. The molecule has 0 bridgehead atoms. The van der Waals surface area contributed by atoms with Crippen LogP contribution in [0, 0.1) is 5.92 Å². The van der Waals surface area contributed by atoms with E-state index in [9.17, 15) is 0 Å². The number of hydrogen-bond acceptors (Lipinski definition) is 5. The van der Waals surface area contributed by atoms with Crippen LogP contribution in [0.3, 0.4) is 0 Å². The van der Waals surface area contributed by atoms with Crippen molar-refractivity contribution in [3.63, 3.8) is 0 Å². The molecule has 5 heteroatoms. The van der Waals surface area contributed by atoms with Crippen molar-refractivity contribution < 1.29 is 0 Å². The summed E-state index contributed by atoms with van der Waals surface area (Å²) >= 11 is 1.37. The summed E-state index contributed by atoms with van der Waals surface area (Å²) in [5, 5.41) is 8.51. The Balaban J connectivity index is 1.73.